The Morgan fingerprint density at radius 1 is 1.03 bits per heavy atom. The molecule has 0 bridgehead atoms. The van der Waals surface area contributed by atoms with E-state index in [0.29, 0.717) is 5.56 Å². The molecular formula is C23H25F3N2O. The number of nitrogens with one attached hydrogen (secondary N) is 1. The van der Waals surface area contributed by atoms with E-state index in [4.69, 9.17) is 4.74 Å². The van der Waals surface area contributed by atoms with Gasteiger partial charge in [-0.05, 0) is 56.1 Å². The second-order valence-corrected chi connectivity index (χ2v) is 8.41. The van der Waals surface area contributed by atoms with Crippen LogP contribution in [0.5, 0.6) is 0 Å². The van der Waals surface area contributed by atoms with E-state index in [1.54, 1.807) is 6.07 Å². The van der Waals surface area contributed by atoms with E-state index in [-0.39, 0.29) is 24.2 Å². The molecule has 5 rings (SSSR count). The Labute approximate surface area is 168 Å². The van der Waals surface area contributed by atoms with Gasteiger partial charge >= 0.3 is 6.18 Å². The Kier molecular flexibility index (Phi) is 4.79. The number of hydrogen-bond acceptors (Lipinski definition) is 3. The van der Waals surface area contributed by atoms with Crippen molar-refractivity contribution in [3.8, 4) is 0 Å². The van der Waals surface area contributed by atoms with Gasteiger partial charge in [0.15, 0.2) is 0 Å². The van der Waals surface area contributed by atoms with Gasteiger partial charge in [0.1, 0.15) is 0 Å². The highest BCUT2D eigenvalue weighted by Crippen LogP contribution is 2.51. The van der Waals surface area contributed by atoms with Crippen molar-refractivity contribution in [1.82, 2.24) is 4.90 Å². The molecule has 0 radical (unpaired) electrons. The predicted octanol–water partition coefficient (Wildman–Crippen LogP) is 5.41. The monoisotopic (exact) mass is 402 g/mol. The third-order valence-electron chi connectivity index (χ3n) is 6.54. The van der Waals surface area contributed by atoms with Crippen LogP contribution in [0.2, 0.25) is 0 Å². The van der Waals surface area contributed by atoms with Gasteiger partial charge in [0.25, 0.3) is 0 Å². The average molecular weight is 402 g/mol. The minimum atomic E-state index is -4.35. The fraction of sp³-hybridized carbons (Fsp3) is 0.478. The molecule has 3 nitrogen and oxygen atoms in total. The molecule has 29 heavy (non-hydrogen) atoms. The topological polar surface area (TPSA) is 24.5 Å². The summed E-state index contributed by atoms with van der Waals surface area (Å²) < 4.78 is 46.6. The molecule has 0 aliphatic carbocycles. The third kappa shape index (κ3) is 3.64. The number of likely N-dealkylation sites (tertiary alicyclic amines) is 1. The van der Waals surface area contributed by atoms with Crippen LogP contribution in [0, 0.1) is 5.92 Å². The van der Waals surface area contributed by atoms with E-state index in [2.05, 4.69) is 22.3 Å². The standard InChI is InChI=1S/C23H25F3N2O/c24-23(25,26)16-7-10-20-19(13-16)22-18(21(27-20)15-5-2-1-3-6-15)9-8-17(29-22)14-28-11-4-12-28/h1-3,5-7,10,13,17-18,21-22,27H,4,8-9,11-12,14H2/t17-,18+,21+,22+/m1/s1. The summed E-state index contributed by atoms with van der Waals surface area (Å²) in [5.74, 6) is 0.112. The van der Waals surface area contributed by atoms with Crippen LogP contribution in [0.1, 0.15) is 48.1 Å². The number of halogens is 3. The Hall–Kier alpha value is -2.05. The lowest BCUT2D eigenvalue weighted by molar-refractivity contribution is -0.138. The summed E-state index contributed by atoms with van der Waals surface area (Å²) in [7, 11) is 0. The third-order valence-corrected chi connectivity index (χ3v) is 6.54. The molecule has 2 aromatic rings. The maximum absolute atomic E-state index is 13.4. The van der Waals surface area contributed by atoms with Gasteiger partial charge in [-0.25, -0.2) is 0 Å². The lowest BCUT2D eigenvalue weighted by atomic mass is 9.76. The van der Waals surface area contributed by atoms with Crippen molar-refractivity contribution in [3.63, 3.8) is 0 Å². The Morgan fingerprint density at radius 3 is 2.52 bits per heavy atom. The highest BCUT2D eigenvalue weighted by Gasteiger charge is 2.44. The van der Waals surface area contributed by atoms with Crippen LogP contribution in [0.4, 0.5) is 18.9 Å². The minimum absolute atomic E-state index is 0.0374. The number of benzene rings is 2. The molecule has 2 aromatic carbocycles. The molecular weight excluding hydrogens is 377 g/mol. The number of alkyl halides is 3. The van der Waals surface area contributed by atoms with Gasteiger partial charge in [0.05, 0.1) is 23.8 Å². The second-order valence-electron chi connectivity index (χ2n) is 8.41. The minimum Gasteiger partial charge on any atom is -0.378 e. The molecule has 3 heterocycles. The molecule has 0 unspecified atom stereocenters. The summed E-state index contributed by atoms with van der Waals surface area (Å²) in [6, 6.07) is 14.2. The quantitative estimate of drug-likeness (QED) is 0.743. The summed E-state index contributed by atoms with van der Waals surface area (Å²) in [6.07, 6.45) is -1.50. The first-order valence-corrected chi connectivity index (χ1v) is 10.4. The summed E-state index contributed by atoms with van der Waals surface area (Å²) in [4.78, 5) is 2.37. The first-order valence-electron chi connectivity index (χ1n) is 10.4. The molecule has 4 atom stereocenters. The zero-order valence-corrected chi connectivity index (χ0v) is 16.2. The summed E-state index contributed by atoms with van der Waals surface area (Å²) in [6.45, 7) is 3.06. The van der Waals surface area contributed by atoms with Crippen LogP contribution < -0.4 is 5.32 Å². The molecule has 2 fully saturated rings. The van der Waals surface area contributed by atoms with Gasteiger partial charge in [0, 0.05) is 23.7 Å². The maximum Gasteiger partial charge on any atom is 0.416 e. The normalized spacial score (nSPS) is 29.3. The zero-order valence-electron chi connectivity index (χ0n) is 16.2. The summed E-state index contributed by atoms with van der Waals surface area (Å²) in [5, 5.41) is 3.51. The van der Waals surface area contributed by atoms with Crippen molar-refractivity contribution in [3.05, 3.63) is 65.2 Å². The lowest BCUT2D eigenvalue weighted by Crippen LogP contribution is -2.46. The number of hydrogen-bond donors (Lipinski definition) is 1. The number of rotatable bonds is 3. The molecule has 0 amide bonds. The lowest BCUT2D eigenvalue weighted by Gasteiger charge is -2.47. The van der Waals surface area contributed by atoms with E-state index in [0.717, 1.165) is 49.8 Å². The van der Waals surface area contributed by atoms with Gasteiger partial charge in [-0.3, -0.25) is 0 Å². The molecule has 3 aliphatic rings. The van der Waals surface area contributed by atoms with Crippen molar-refractivity contribution in [1.29, 1.82) is 0 Å². The van der Waals surface area contributed by atoms with E-state index in [9.17, 15) is 13.2 Å². The molecule has 154 valence electrons. The van der Waals surface area contributed by atoms with Gasteiger partial charge < -0.3 is 15.0 Å². The molecule has 0 aromatic heterocycles. The number of nitrogens with zero attached hydrogens (tertiary/aromatic N) is 1. The first-order chi connectivity index (χ1) is 14.0. The van der Waals surface area contributed by atoms with Crippen LogP contribution in [0.25, 0.3) is 0 Å². The number of fused-ring (bicyclic) bond motifs is 3. The van der Waals surface area contributed by atoms with Gasteiger partial charge in [-0.15, -0.1) is 0 Å². The largest absolute Gasteiger partial charge is 0.416 e. The van der Waals surface area contributed by atoms with E-state index in [1.807, 2.05) is 18.2 Å². The Bertz CT molecular complexity index is 866. The summed E-state index contributed by atoms with van der Waals surface area (Å²) >= 11 is 0. The number of anilines is 1. The Balaban J connectivity index is 1.50. The molecule has 2 saturated heterocycles. The average Bonchev–Trinajstić information content (AvgIpc) is 2.69. The van der Waals surface area contributed by atoms with Gasteiger partial charge in [-0.2, -0.15) is 13.2 Å². The fourth-order valence-corrected chi connectivity index (χ4v) is 4.91. The van der Waals surface area contributed by atoms with Crippen LogP contribution in [0.3, 0.4) is 0 Å². The van der Waals surface area contributed by atoms with Gasteiger partial charge in [-0.1, -0.05) is 30.3 Å². The van der Waals surface area contributed by atoms with E-state index < -0.39 is 11.7 Å². The van der Waals surface area contributed by atoms with Crippen molar-refractivity contribution < 1.29 is 17.9 Å². The fourth-order valence-electron chi connectivity index (χ4n) is 4.91. The summed E-state index contributed by atoms with van der Waals surface area (Å²) in [5.41, 5.74) is 1.93. The molecule has 0 spiro atoms. The van der Waals surface area contributed by atoms with Crippen molar-refractivity contribution in [2.24, 2.45) is 5.92 Å². The van der Waals surface area contributed by atoms with Gasteiger partial charge in [0.2, 0.25) is 0 Å². The van der Waals surface area contributed by atoms with Crippen molar-refractivity contribution in [2.45, 2.75) is 43.7 Å². The smallest absolute Gasteiger partial charge is 0.378 e. The highest BCUT2D eigenvalue weighted by atomic mass is 19.4. The Morgan fingerprint density at radius 2 is 1.83 bits per heavy atom. The van der Waals surface area contributed by atoms with Crippen LogP contribution in [-0.2, 0) is 10.9 Å². The zero-order chi connectivity index (χ0) is 20.0. The molecule has 3 aliphatic heterocycles. The van der Waals surface area contributed by atoms with Crippen molar-refractivity contribution >= 4 is 5.69 Å². The van der Waals surface area contributed by atoms with Crippen LogP contribution in [-0.4, -0.2) is 30.6 Å². The first kappa shape index (κ1) is 18.9. The predicted molar refractivity (Wildman–Crippen MR) is 106 cm³/mol. The van der Waals surface area contributed by atoms with E-state index >= 15 is 0 Å². The molecule has 0 saturated carbocycles. The molecule has 1 N–H and O–H groups in total. The maximum atomic E-state index is 13.4. The number of ether oxygens (including phenoxy) is 1. The van der Waals surface area contributed by atoms with E-state index in [1.165, 1.54) is 12.5 Å². The van der Waals surface area contributed by atoms with Crippen LogP contribution >= 0.6 is 0 Å². The highest BCUT2D eigenvalue weighted by molar-refractivity contribution is 5.58. The molecule has 6 heteroatoms. The van der Waals surface area contributed by atoms with Crippen molar-refractivity contribution in [2.75, 3.05) is 25.0 Å². The van der Waals surface area contributed by atoms with Crippen LogP contribution in [0.15, 0.2) is 48.5 Å². The second kappa shape index (κ2) is 7.33. The SMILES string of the molecule is FC(F)(F)c1ccc2c(c1)[C@H]1O[C@@H](CN3CCC3)CC[C@H]1[C@H](c1ccccc1)N2.